The quantitative estimate of drug-likeness (QED) is 0.544. The van der Waals surface area contributed by atoms with Crippen LogP contribution >= 0.6 is 0 Å². The van der Waals surface area contributed by atoms with E-state index < -0.39 is 23.3 Å². The third kappa shape index (κ3) is 3.28. The van der Waals surface area contributed by atoms with Gasteiger partial charge in [0, 0.05) is 24.7 Å². The largest absolute Gasteiger partial charge is 0.549 e. The first-order valence-corrected chi connectivity index (χ1v) is 4.34. The average molecular weight is 227 g/mol. The number of hydrogen-bond donors (Lipinski definition) is 1. The van der Waals surface area contributed by atoms with Gasteiger partial charge in [-0.3, -0.25) is 10.1 Å². The van der Waals surface area contributed by atoms with Gasteiger partial charge < -0.3 is 15.2 Å². The molecule has 1 aromatic rings. The smallest absolute Gasteiger partial charge is 0.274 e. The number of carboxylic acids is 1. The van der Waals surface area contributed by atoms with Gasteiger partial charge in [0.1, 0.15) is 5.82 Å². The first-order chi connectivity index (χ1) is 7.50. The summed E-state index contributed by atoms with van der Waals surface area (Å²) in [5, 5.41) is 23.0. The minimum Gasteiger partial charge on any atom is -0.549 e. The molecule has 0 fully saturated rings. The van der Waals surface area contributed by atoms with Gasteiger partial charge in [0.05, 0.1) is 10.9 Å². The molecule has 1 aromatic carbocycles. The Hall–Kier alpha value is -2.02. The SMILES string of the molecule is O=C([O-])CNCc1cc(F)ccc1[N+](=O)[O-]. The molecule has 0 saturated carbocycles. The topological polar surface area (TPSA) is 95.3 Å². The zero-order valence-corrected chi connectivity index (χ0v) is 8.10. The summed E-state index contributed by atoms with van der Waals surface area (Å²) in [6.07, 6.45) is 0. The zero-order valence-electron chi connectivity index (χ0n) is 8.10. The van der Waals surface area contributed by atoms with Crippen molar-refractivity contribution in [3.63, 3.8) is 0 Å². The van der Waals surface area contributed by atoms with Crippen LogP contribution in [0.5, 0.6) is 0 Å². The molecule has 6 nitrogen and oxygen atoms in total. The maximum absolute atomic E-state index is 12.8. The molecule has 0 bridgehead atoms. The number of nitrogens with one attached hydrogen (secondary N) is 1. The molecule has 0 unspecified atom stereocenters. The molecule has 0 saturated heterocycles. The Morgan fingerprint density at radius 2 is 2.19 bits per heavy atom. The van der Waals surface area contributed by atoms with Crippen molar-refractivity contribution in [3.05, 3.63) is 39.7 Å². The van der Waals surface area contributed by atoms with Crippen LogP contribution in [0, 0.1) is 15.9 Å². The highest BCUT2D eigenvalue weighted by Gasteiger charge is 2.13. The van der Waals surface area contributed by atoms with E-state index in [0.29, 0.717) is 0 Å². The Labute approximate surface area is 89.9 Å². The number of nitro groups is 1. The molecule has 7 heteroatoms. The number of carboxylic acid groups (broad SMARTS) is 1. The fourth-order valence-electron chi connectivity index (χ4n) is 1.17. The number of nitro benzene ring substituents is 1. The van der Waals surface area contributed by atoms with Gasteiger partial charge in [-0.1, -0.05) is 0 Å². The number of nitrogens with zero attached hydrogens (tertiary/aromatic N) is 1. The van der Waals surface area contributed by atoms with E-state index in [-0.39, 0.29) is 17.8 Å². The van der Waals surface area contributed by atoms with Crippen molar-refractivity contribution in [2.75, 3.05) is 6.54 Å². The summed E-state index contributed by atoms with van der Waals surface area (Å²) in [6.45, 7) is -0.560. The maximum atomic E-state index is 12.8. The van der Waals surface area contributed by atoms with Crippen LogP contribution in [0.25, 0.3) is 0 Å². The van der Waals surface area contributed by atoms with E-state index in [2.05, 4.69) is 5.32 Å². The summed E-state index contributed by atoms with van der Waals surface area (Å²) in [5.41, 5.74) is -0.168. The first kappa shape index (κ1) is 12.1. The van der Waals surface area contributed by atoms with Crippen molar-refractivity contribution in [1.29, 1.82) is 0 Å². The fraction of sp³-hybridized carbons (Fsp3) is 0.222. The number of hydrogen-bond acceptors (Lipinski definition) is 5. The highest BCUT2D eigenvalue weighted by atomic mass is 19.1. The van der Waals surface area contributed by atoms with Crippen LogP contribution in [0.4, 0.5) is 10.1 Å². The van der Waals surface area contributed by atoms with Crippen LogP contribution in [0.3, 0.4) is 0 Å². The predicted molar refractivity (Wildman–Crippen MR) is 49.8 cm³/mol. The van der Waals surface area contributed by atoms with E-state index in [1.807, 2.05) is 0 Å². The van der Waals surface area contributed by atoms with Gasteiger partial charge in [0.15, 0.2) is 0 Å². The van der Waals surface area contributed by atoms with Crippen molar-refractivity contribution in [1.82, 2.24) is 5.32 Å². The monoisotopic (exact) mass is 227 g/mol. The lowest BCUT2D eigenvalue weighted by Gasteiger charge is -2.06. The van der Waals surface area contributed by atoms with E-state index in [1.165, 1.54) is 0 Å². The molecule has 0 atom stereocenters. The van der Waals surface area contributed by atoms with Gasteiger partial charge in [-0.2, -0.15) is 0 Å². The fourth-order valence-corrected chi connectivity index (χ4v) is 1.17. The maximum Gasteiger partial charge on any atom is 0.274 e. The summed E-state index contributed by atoms with van der Waals surface area (Å²) in [4.78, 5) is 20.0. The summed E-state index contributed by atoms with van der Waals surface area (Å²) >= 11 is 0. The highest BCUT2D eigenvalue weighted by molar-refractivity contribution is 5.66. The van der Waals surface area contributed by atoms with Crippen molar-refractivity contribution in [3.8, 4) is 0 Å². The van der Waals surface area contributed by atoms with Gasteiger partial charge in [0.25, 0.3) is 5.69 Å². The van der Waals surface area contributed by atoms with E-state index in [4.69, 9.17) is 0 Å². The van der Waals surface area contributed by atoms with Crippen LogP contribution in [0.1, 0.15) is 5.56 Å². The summed E-state index contributed by atoms with van der Waals surface area (Å²) < 4.78 is 12.8. The minimum absolute atomic E-state index is 0.0891. The molecular weight excluding hydrogens is 219 g/mol. The van der Waals surface area contributed by atoms with E-state index >= 15 is 0 Å². The van der Waals surface area contributed by atoms with Gasteiger partial charge in [0.2, 0.25) is 0 Å². The second kappa shape index (κ2) is 5.17. The van der Waals surface area contributed by atoms with Crippen LogP contribution in [0.2, 0.25) is 0 Å². The van der Waals surface area contributed by atoms with Gasteiger partial charge in [-0.15, -0.1) is 0 Å². The molecule has 0 heterocycles. The van der Waals surface area contributed by atoms with Crippen LogP contribution < -0.4 is 10.4 Å². The molecule has 0 amide bonds. The van der Waals surface area contributed by atoms with E-state index in [9.17, 15) is 24.4 Å². The van der Waals surface area contributed by atoms with Crippen LogP contribution in [0.15, 0.2) is 18.2 Å². The number of benzene rings is 1. The summed E-state index contributed by atoms with van der Waals surface area (Å²) in [6, 6.07) is 2.99. The molecule has 86 valence electrons. The molecular formula is C9H8FN2O4-. The van der Waals surface area contributed by atoms with Crippen LogP contribution in [-0.2, 0) is 11.3 Å². The number of carbonyl (C=O) groups excluding carboxylic acids is 1. The molecule has 1 rings (SSSR count). The Morgan fingerprint density at radius 3 is 2.75 bits per heavy atom. The van der Waals surface area contributed by atoms with Crippen molar-refractivity contribution in [2.24, 2.45) is 0 Å². The third-order valence-corrected chi connectivity index (χ3v) is 1.82. The number of aliphatic carboxylic acids is 1. The number of rotatable bonds is 5. The molecule has 0 aliphatic heterocycles. The lowest BCUT2D eigenvalue weighted by Crippen LogP contribution is -2.34. The van der Waals surface area contributed by atoms with Crippen molar-refractivity contribution >= 4 is 11.7 Å². The summed E-state index contributed by atoms with van der Waals surface area (Å²) in [7, 11) is 0. The van der Waals surface area contributed by atoms with Gasteiger partial charge in [-0.05, 0) is 12.1 Å². The van der Waals surface area contributed by atoms with Gasteiger partial charge >= 0.3 is 0 Å². The number of halogens is 1. The van der Waals surface area contributed by atoms with Crippen molar-refractivity contribution < 1.29 is 19.2 Å². The molecule has 0 radical (unpaired) electrons. The Kier molecular flexibility index (Phi) is 3.90. The lowest BCUT2D eigenvalue weighted by molar-refractivity contribution is -0.385. The summed E-state index contributed by atoms with van der Waals surface area (Å²) in [5.74, 6) is -1.95. The second-order valence-electron chi connectivity index (χ2n) is 3.01. The second-order valence-corrected chi connectivity index (χ2v) is 3.01. The molecule has 0 spiro atoms. The molecule has 0 aliphatic rings. The molecule has 0 aromatic heterocycles. The zero-order chi connectivity index (χ0) is 12.1. The molecule has 16 heavy (non-hydrogen) atoms. The Bertz CT molecular complexity index is 422. The lowest BCUT2D eigenvalue weighted by atomic mass is 10.1. The standard InChI is InChI=1S/C9H9FN2O4/c10-7-1-2-8(12(15)16)6(3-7)4-11-5-9(13)14/h1-3,11H,4-5H2,(H,13,14)/p-1. The Morgan fingerprint density at radius 1 is 1.50 bits per heavy atom. The van der Waals surface area contributed by atoms with E-state index in [0.717, 1.165) is 18.2 Å². The molecule has 0 aliphatic carbocycles. The van der Waals surface area contributed by atoms with Gasteiger partial charge in [-0.25, -0.2) is 4.39 Å². The molecule has 1 N–H and O–H groups in total. The minimum atomic E-state index is -1.33. The van der Waals surface area contributed by atoms with Crippen molar-refractivity contribution in [2.45, 2.75) is 6.54 Å². The predicted octanol–water partition coefficient (Wildman–Crippen LogP) is -0.427. The first-order valence-electron chi connectivity index (χ1n) is 4.34. The van der Waals surface area contributed by atoms with Crippen LogP contribution in [-0.4, -0.2) is 17.4 Å². The van der Waals surface area contributed by atoms with E-state index in [1.54, 1.807) is 0 Å². The highest BCUT2D eigenvalue weighted by Crippen LogP contribution is 2.18. The normalized spacial score (nSPS) is 10.1. The average Bonchev–Trinajstić information content (AvgIpc) is 2.16. The third-order valence-electron chi connectivity index (χ3n) is 1.82. The Balaban J connectivity index is 2.80. The number of carbonyl (C=O) groups is 1.